The van der Waals surface area contributed by atoms with E-state index in [2.05, 4.69) is 17.2 Å². The van der Waals surface area contributed by atoms with Gasteiger partial charge in [0.1, 0.15) is 18.1 Å². The molecule has 0 aliphatic rings. The molecule has 8 nitrogen and oxygen atoms in total. The van der Waals surface area contributed by atoms with E-state index in [-0.39, 0.29) is 31.1 Å². The van der Waals surface area contributed by atoms with E-state index in [1.165, 1.54) is 76.1 Å². The van der Waals surface area contributed by atoms with Gasteiger partial charge in [-0.3, -0.25) is 14.3 Å². The second-order valence-corrected chi connectivity index (χ2v) is 13.8. The van der Waals surface area contributed by atoms with Crippen LogP contribution in [-0.4, -0.2) is 45.4 Å². The zero-order chi connectivity index (χ0) is 34.5. The van der Waals surface area contributed by atoms with Gasteiger partial charge in [-0.05, 0) is 36.6 Å². The van der Waals surface area contributed by atoms with Gasteiger partial charge < -0.3 is 24.6 Å². The molecule has 2 rings (SSSR count). The first-order valence-corrected chi connectivity index (χ1v) is 18.4. The average molecular weight is 691 g/mol. The van der Waals surface area contributed by atoms with Crippen molar-refractivity contribution in [2.24, 2.45) is 0 Å². The molecule has 0 saturated carbocycles. The highest BCUT2D eigenvalue weighted by Crippen LogP contribution is 2.44. The predicted octanol–water partition coefficient (Wildman–Crippen LogP) is 8.97. The molecule has 2 atom stereocenters. The Kier molecular flexibility index (Phi) is 19.0. The van der Waals surface area contributed by atoms with E-state index in [1.54, 1.807) is 24.3 Å². The second-order valence-electron chi connectivity index (χ2n) is 12.0. The van der Waals surface area contributed by atoms with Gasteiger partial charge >= 0.3 is 13.8 Å². The maximum atomic E-state index is 14.3. The number of amides is 1. The van der Waals surface area contributed by atoms with Gasteiger partial charge in [0.05, 0.1) is 5.69 Å². The number of alkyl halides is 4. The molecule has 0 radical (unpaired) electrons. The van der Waals surface area contributed by atoms with Gasteiger partial charge in [-0.2, -0.15) is 13.2 Å². The summed E-state index contributed by atoms with van der Waals surface area (Å²) in [6, 6.07) is 8.45. The Morgan fingerprint density at radius 2 is 1.45 bits per heavy atom. The van der Waals surface area contributed by atoms with Crippen molar-refractivity contribution < 1.29 is 46.2 Å². The summed E-state index contributed by atoms with van der Waals surface area (Å²) in [4.78, 5) is 35.3. The Bertz CT molecular complexity index is 1200. The molecule has 1 heterocycles. The van der Waals surface area contributed by atoms with Crippen LogP contribution in [-0.2, 0) is 22.4 Å². The maximum absolute atomic E-state index is 14.3. The van der Waals surface area contributed by atoms with Crippen LogP contribution in [0.3, 0.4) is 0 Å². The summed E-state index contributed by atoms with van der Waals surface area (Å²) in [5.74, 6) is -2.26. The lowest BCUT2D eigenvalue weighted by atomic mass is 10.0. The molecule has 0 aliphatic carbocycles. The summed E-state index contributed by atoms with van der Waals surface area (Å²) in [7, 11) is -4.98. The highest BCUT2D eigenvalue weighted by atomic mass is 31.2. The monoisotopic (exact) mass is 690 g/mol. The highest BCUT2D eigenvalue weighted by molar-refractivity contribution is 7.52. The van der Waals surface area contributed by atoms with E-state index in [1.807, 2.05) is 0 Å². The molecule has 0 saturated heterocycles. The molecule has 47 heavy (non-hydrogen) atoms. The highest BCUT2D eigenvalue weighted by Gasteiger charge is 2.32. The fraction of sp³-hybridized carbons (Fsp3) is 0.647. The summed E-state index contributed by atoms with van der Waals surface area (Å²) in [5.41, 5.74) is 1.04. The van der Waals surface area contributed by atoms with Gasteiger partial charge in [0.2, 0.25) is 11.8 Å². The Hall–Kier alpha value is -2.69. The van der Waals surface area contributed by atoms with Crippen LogP contribution >= 0.6 is 7.60 Å². The standard InChI is InChI=1S/C34H51F4N2O6P/c1-2-3-4-5-6-7-8-9-10-11-12-13-14-15-33(41)40-28(24-32(35)47(42,43)44)22-27-16-18-30(19-17-27)45-25-29-23-31(20-21-39-29)46-26-34(36,37)38/h16-21,23,28,32H,2-15,22,24-26H2,1H3,(H,40,41)(H2,42,43,44)/t28-,32?/m1/s1. The number of benzene rings is 1. The molecule has 1 aromatic carbocycles. The number of hydrogen-bond acceptors (Lipinski definition) is 5. The summed E-state index contributed by atoms with van der Waals surface area (Å²) < 4.78 is 73.4. The Balaban J connectivity index is 1.77. The van der Waals surface area contributed by atoms with Crippen LogP contribution < -0.4 is 14.8 Å². The maximum Gasteiger partial charge on any atom is 0.422 e. The Labute approximate surface area is 276 Å². The van der Waals surface area contributed by atoms with Crippen molar-refractivity contribution in [2.75, 3.05) is 6.61 Å². The molecular formula is C34H51F4N2O6P. The van der Waals surface area contributed by atoms with E-state index < -0.39 is 38.8 Å². The lowest BCUT2D eigenvalue weighted by molar-refractivity contribution is -0.153. The number of nitrogens with zero attached hydrogens (tertiary/aromatic N) is 1. The van der Waals surface area contributed by atoms with Gasteiger partial charge in [0.15, 0.2) is 6.61 Å². The molecule has 0 fully saturated rings. The van der Waals surface area contributed by atoms with Crippen molar-refractivity contribution in [1.82, 2.24) is 10.3 Å². The third kappa shape index (κ3) is 19.7. The zero-order valence-electron chi connectivity index (χ0n) is 27.4. The first kappa shape index (κ1) is 40.5. The first-order valence-electron chi connectivity index (χ1n) is 16.7. The third-order valence-electron chi connectivity index (χ3n) is 7.70. The van der Waals surface area contributed by atoms with E-state index in [9.17, 15) is 36.7 Å². The number of aromatic nitrogens is 1. The molecule has 0 spiro atoms. The minimum Gasteiger partial charge on any atom is -0.487 e. The van der Waals surface area contributed by atoms with Crippen molar-refractivity contribution in [1.29, 1.82) is 0 Å². The van der Waals surface area contributed by atoms with Gasteiger partial charge in [-0.1, -0.05) is 96.1 Å². The first-order chi connectivity index (χ1) is 22.4. The van der Waals surface area contributed by atoms with Crippen LogP contribution in [0.25, 0.3) is 0 Å². The number of nitrogens with one attached hydrogen (secondary N) is 1. The van der Waals surface area contributed by atoms with Gasteiger partial charge in [0, 0.05) is 31.1 Å². The minimum atomic E-state index is -4.98. The quantitative estimate of drug-likeness (QED) is 0.0541. The fourth-order valence-electron chi connectivity index (χ4n) is 5.12. The lowest BCUT2D eigenvalue weighted by Gasteiger charge is -2.21. The van der Waals surface area contributed by atoms with Gasteiger partial charge in [-0.15, -0.1) is 0 Å². The third-order valence-corrected chi connectivity index (χ3v) is 8.64. The molecule has 3 N–H and O–H groups in total. The Morgan fingerprint density at radius 3 is 2.00 bits per heavy atom. The van der Waals surface area contributed by atoms with E-state index in [0.717, 1.165) is 19.3 Å². The molecule has 1 aromatic heterocycles. The summed E-state index contributed by atoms with van der Waals surface area (Å²) in [6.45, 7) is 0.767. The molecular weight excluding hydrogens is 639 g/mol. The molecule has 0 bridgehead atoms. The van der Waals surface area contributed by atoms with E-state index in [4.69, 9.17) is 9.47 Å². The molecule has 1 amide bonds. The number of carbonyl (C=O) groups is 1. The number of carbonyl (C=O) groups excluding carboxylic acids is 1. The van der Waals surface area contributed by atoms with Crippen LogP contribution in [0.5, 0.6) is 11.5 Å². The summed E-state index contributed by atoms with van der Waals surface area (Å²) >= 11 is 0. The lowest BCUT2D eigenvalue weighted by Crippen LogP contribution is -2.38. The number of unbranched alkanes of at least 4 members (excludes halogenated alkanes) is 12. The predicted molar refractivity (Wildman–Crippen MR) is 174 cm³/mol. The normalized spacial score (nSPS) is 13.3. The summed E-state index contributed by atoms with van der Waals surface area (Å²) in [6.07, 6.45) is 12.1. The van der Waals surface area contributed by atoms with Crippen molar-refractivity contribution in [3.05, 3.63) is 53.9 Å². The van der Waals surface area contributed by atoms with Crippen molar-refractivity contribution >= 4 is 13.5 Å². The van der Waals surface area contributed by atoms with Crippen LogP contribution in [0.4, 0.5) is 17.6 Å². The second kappa shape index (κ2) is 22.0. The van der Waals surface area contributed by atoms with Crippen LogP contribution in [0.2, 0.25) is 0 Å². The number of hydrogen-bond donors (Lipinski definition) is 3. The number of rotatable bonds is 25. The molecule has 1 unspecified atom stereocenters. The average Bonchev–Trinajstić information content (AvgIpc) is 3.01. The van der Waals surface area contributed by atoms with Gasteiger partial charge in [0.25, 0.3) is 0 Å². The molecule has 0 aliphatic heterocycles. The van der Waals surface area contributed by atoms with E-state index >= 15 is 0 Å². The zero-order valence-corrected chi connectivity index (χ0v) is 28.3. The smallest absolute Gasteiger partial charge is 0.422 e. The number of ether oxygens (including phenoxy) is 2. The SMILES string of the molecule is CCCCCCCCCCCCCCCC(=O)N[C@H](Cc1ccc(OCc2cc(OCC(F)(F)F)ccn2)cc1)CC(F)P(=O)(O)O. The topological polar surface area (TPSA) is 118 Å². The number of halogens is 4. The number of pyridine rings is 1. The van der Waals surface area contributed by atoms with Crippen LogP contribution in [0, 0.1) is 0 Å². The minimum absolute atomic E-state index is 0.00918. The fourth-order valence-corrected chi connectivity index (χ4v) is 5.65. The van der Waals surface area contributed by atoms with Crippen molar-refractivity contribution in [3.8, 4) is 11.5 Å². The summed E-state index contributed by atoms with van der Waals surface area (Å²) in [5, 5.41) is 2.75. The molecule has 266 valence electrons. The van der Waals surface area contributed by atoms with Crippen LogP contribution in [0.1, 0.15) is 114 Å². The molecule has 2 aromatic rings. The van der Waals surface area contributed by atoms with Crippen LogP contribution in [0.15, 0.2) is 42.6 Å². The van der Waals surface area contributed by atoms with Gasteiger partial charge in [-0.25, -0.2) is 4.39 Å². The van der Waals surface area contributed by atoms with Crippen molar-refractivity contribution in [2.45, 2.75) is 134 Å². The molecule has 13 heteroatoms. The largest absolute Gasteiger partial charge is 0.487 e. The van der Waals surface area contributed by atoms with Crippen molar-refractivity contribution in [3.63, 3.8) is 0 Å². The Morgan fingerprint density at radius 1 is 0.872 bits per heavy atom. The van der Waals surface area contributed by atoms with E-state index in [0.29, 0.717) is 23.4 Å².